The second-order valence-electron chi connectivity index (χ2n) is 3.59. The lowest BCUT2D eigenvalue weighted by Gasteiger charge is -2.18. The van der Waals surface area contributed by atoms with E-state index in [0.717, 1.165) is 17.8 Å². The van der Waals surface area contributed by atoms with Crippen LogP contribution in [-0.2, 0) is 0 Å². The van der Waals surface area contributed by atoms with Crippen molar-refractivity contribution < 1.29 is 0 Å². The number of fused-ring (bicyclic) bond motifs is 2. The highest BCUT2D eigenvalue weighted by molar-refractivity contribution is 9.09. The lowest BCUT2D eigenvalue weighted by atomic mass is 9.91. The van der Waals surface area contributed by atoms with E-state index in [4.69, 9.17) is 0 Å². The van der Waals surface area contributed by atoms with Gasteiger partial charge in [-0.2, -0.15) is 0 Å². The van der Waals surface area contributed by atoms with E-state index >= 15 is 0 Å². The Morgan fingerprint density at radius 3 is 2.44 bits per heavy atom. The fourth-order valence-electron chi connectivity index (χ4n) is 2.57. The van der Waals surface area contributed by atoms with Crippen LogP contribution in [0.5, 0.6) is 0 Å². The maximum atomic E-state index is 3.58. The maximum Gasteiger partial charge on any atom is 0.00624 e. The van der Waals surface area contributed by atoms with E-state index < -0.39 is 0 Å². The Morgan fingerprint density at radius 1 is 1.22 bits per heavy atom. The highest BCUT2D eigenvalue weighted by Crippen LogP contribution is 2.48. The fourth-order valence-corrected chi connectivity index (χ4v) is 3.36. The molecule has 0 nitrogen and oxygen atoms in total. The summed E-state index contributed by atoms with van der Waals surface area (Å²) in [6.07, 6.45) is 6.14. The molecule has 0 saturated heterocycles. The summed E-state index contributed by atoms with van der Waals surface area (Å²) in [5.74, 6) is 3.27. The molecular weight excluding hydrogens is 176 g/mol. The van der Waals surface area contributed by atoms with E-state index in [2.05, 4.69) is 15.9 Å². The molecule has 0 aliphatic heterocycles. The maximum absolute atomic E-state index is 3.58. The van der Waals surface area contributed by atoms with Gasteiger partial charge >= 0.3 is 0 Å². The quantitative estimate of drug-likeness (QED) is 0.556. The number of halogens is 1. The van der Waals surface area contributed by atoms with E-state index in [-0.39, 0.29) is 0 Å². The summed E-state index contributed by atoms with van der Waals surface area (Å²) in [5, 5.41) is 1.26. The zero-order valence-corrected chi connectivity index (χ0v) is 7.23. The molecule has 52 valence electrons. The Morgan fingerprint density at radius 2 is 2.11 bits per heavy atom. The normalized spacial score (nSPS) is 48.3. The van der Waals surface area contributed by atoms with Crippen LogP contribution >= 0.6 is 15.9 Å². The molecule has 0 heterocycles. The first-order chi connectivity index (χ1) is 4.40. The van der Waals surface area contributed by atoms with Gasteiger partial charge in [0, 0.05) is 5.33 Å². The Balaban J connectivity index is 2.01. The average Bonchev–Trinajstić information content (AvgIpc) is 2.45. The SMILES string of the molecule is BrCC1CC2CCC1C2. The van der Waals surface area contributed by atoms with E-state index in [9.17, 15) is 0 Å². The predicted molar refractivity (Wildman–Crippen MR) is 42.7 cm³/mol. The molecule has 2 rings (SSSR count). The summed E-state index contributed by atoms with van der Waals surface area (Å²) in [6, 6.07) is 0. The fraction of sp³-hybridized carbons (Fsp3) is 1.00. The van der Waals surface area contributed by atoms with Gasteiger partial charge in [-0.15, -0.1) is 0 Å². The average molecular weight is 189 g/mol. The van der Waals surface area contributed by atoms with Gasteiger partial charge in [0.2, 0.25) is 0 Å². The van der Waals surface area contributed by atoms with Crippen molar-refractivity contribution in [3.63, 3.8) is 0 Å². The third kappa shape index (κ3) is 0.938. The van der Waals surface area contributed by atoms with Crippen LogP contribution in [0.1, 0.15) is 25.7 Å². The molecule has 3 unspecified atom stereocenters. The first-order valence-corrected chi connectivity index (χ1v) is 5.08. The third-order valence-electron chi connectivity index (χ3n) is 3.08. The van der Waals surface area contributed by atoms with Gasteiger partial charge in [-0.1, -0.05) is 22.4 Å². The Hall–Kier alpha value is 0.480. The molecule has 0 aromatic carbocycles. The molecule has 0 spiro atoms. The van der Waals surface area contributed by atoms with Gasteiger partial charge in [0.1, 0.15) is 0 Å². The molecule has 2 fully saturated rings. The summed E-state index contributed by atoms with van der Waals surface area (Å²) < 4.78 is 0. The highest BCUT2D eigenvalue weighted by atomic mass is 79.9. The standard InChI is InChI=1S/C8H13Br/c9-5-8-4-6-1-2-7(8)3-6/h6-8H,1-5H2. The molecule has 0 aromatic rings. The molecule has 0 aromatic heterocycles. The van der Waals surface area contributed by atoms with Crippen molar-refractivity contribution in [3.8, 4) is 0 Å². The van der Waals surface area contributed by atoms with Gasteiger partial charge in [-0.3, -0.25) is 0 Å². The summed E-state index contributed by atoms with van der Waals surface area (Å²) in [4.78, 5) is 0. The number of hydrogen-bond donors (Lipinski definition) is 0. The number of alkyl halides is 1. The van der Waals surface area contributed by atoms with Gasteiger partial charge in [0.15, 0.2) is 0 Å². The van der Waals surface area contributed by atoms with Gasteiger partial charge in [0.05, 0.1) is 0 Å². The molecular formula is C8H13Br. The van der Waals surface area contributed by atoms with Gasteiger partial charge in [-0.25, -0.2) is 0 Å². The van der Waals surface area contributed by atoms with E-state index in [0.29, 0.717) is 0 Å². The van der Waals surface area contributed by atoms with Crippen molar-refractivity contribution in [3.05, 3.63) is 0 Å². The van der Waals surface area contributed by atoms with Crippen molar-refractivity contribution >= 4 is 15.9 Å². The van der Waals surface area contributed by atoms with E-state index in [1.807, 2.05) is 0 Å². The topological polar surface area (TPSA) is 0 Å². The Bertz CT molecular complexity index is 111. The molecule has 1 heteroatoms. The first-order valence-electron chi connectivity index (χ1n) is 3.96. The van der Waals surface area contributed by atoms with Crippen molar-refractivity contribution in [1.29, 1.82) is 0 Å². The van der Waals surface area contributed by atoms with Crippen molar-refractivity contribution in [2.24, 2.45) is 17.8 Å². The molecule has 9 heavy (non-hydrogen) atoms. The molecule has 2 aliphatic carbocycles. The van der Waals surface area contributed by atoms with Crippen LogP contribution in [0.25, 0.3) is 0 Å². The predicted octanol–water partition coefficient (Wildman–Crippen LogP) is 2.82. The van der Waals surface area contributed by atoms with Crippen molar-refractivity contribution in [2.45, 2.75) is 25.7 Å². The number of rotatable bonds is 1. The molecule has 0 N–H and O–H groups in total. The smallest absolute Gasteiger partial charge is 0.00624 e. The third-order valence-corrected chi connectivity index (χ3v) is 3.91. The van der Waals surface area contributed by atoms with Crippen LogP contribution in [0.3, 0.4) is 0 Å². The minimum absolute atomic E-state index is 1.05. The van der Waals surface area contributed by atoms with Gasteiger partial charge in [-0.05, 0) is 37.0 Å². The summed E-state index contributed by atoms with van der Waals surface area (Å²) in [6.45, 7) is 0. The monoisotopic (exact) mass is 188 g/mol. The van der Waals surface area contributed by atoms with Crippen LogP contribution < -0.4 is 0 Å². The molecule has 3 atom stereocenters. The summed E-state index contributed by atoms with van der Waals surface area (Å²) in [7, 11) is 0. The minimum atomic E-state index is 1.05. The highest BCUT2D eigenvalue weighted by Gasteiger charge is 2.38. The minimum Gasteiger partial charge on any atom is -0.0925 e. The van der Waals surface area contributed by atoms with E-state index in [1.165, 1.54) is 24.6 Å². The molecule has 2 bridgehead atoms. The van der Waals surface area contributed by atoms with Gasteiger partial charge in [0.25, 0.3) is 0 Å². The first kappa shape index (κ1) is 6.21. The number of hydrogen-bond acceptors (Lipinski definition) is 0. The van der Waals surface area contributed by atoms with Crippen LogP contribution in [-0.4, -0.2) is 5.33 Å². The van der Waals surface area contributed by atoms with Crippen LogP contribution in [0.2, 0.25) is 0 Å². The summed E-state index contributed by atoms with van der Waals surface area (Å²) in [5.41, 5.74) is 0. The zero-order valence-electron chi connectivity index (χ0n) is 5.65. The van der Waals surface area contributed by atoms with Gasteiger partial charge < -0.3 is 0 Å². The Kier molecular flexibility index (Phi) is 1.56. The summed E-state index contributed by atoms with van der Waals surface area (Å²) >= 11 is 3.58. The van der Waals surface area contributed by atoms with E-state index in [1.54, 1.807) is 6.42 Å². The molecule has 0 amide bonds. The molecule has 2 saturated carbocycles. The lowest BCUT2D eigenvalue weighted by molar-refractivity contribution is 0.367. The largest absolute Gasteiger partial charge is 0.0925 e. The van der Waals surface area contributed by atoms with Crippen molar-refractivity contribution in [1.82, 2.24) is 0 Å². The Labute approximate surface area is 65.1 Å². The lowest BCUT2D eigenvalue weighted by Crippen LogP contribution is -2.10. The van der Waals surface area contributed by atoms with Crippen molar-refractivity contribution in [2.75, 3.05) is 5.33 Å². The van der Waals surface area contributed by atoms with Crippen LogP contribution in [0.15, 0.2) is 0 Å². The zero-order chi connectivity index (χ0) is 6.27. The molecule has 2 aliphatic rings. The molecule has 0 radical (unpaired) electrons. The van der Waals surface area contributed by atoms with Crippen LogP contribution in [0, 0.1) is 17.8 Å². The second-order valence-corrected chi connectivity index (χ2v) is 4.24. The second kappa shape index (κ2) is 2.26. The van der Waals surface area contributed by atoms with Crippen LogP contribution in [0.4, 0.5) is 0 Å².